The normalized spacial score (nSPS) is 12.2. The summed E-state index contributed by atoms with van der Waals surface area (Å²) in [6, 6.07) is 14.8. The molecule has 0 saturated carbocycles. The molecule has 24 heavy (non-hydrogen) atoms. The smallest absolute Gasteiger partial charge is 0.231 e. The number of oxazole rings is 1. The van der Waals surface area contributed by atoms with E-state index in [1.165, 1.54) is 6.26 Å². The van der Waals surface area contributed by atoms with Crippen LogP contribution in [0.2, 0.25) is 0 Å². The van der Waals surface area contributed by atoms with Crippen molar-refractivity contribution < 1.29 is 18.7 Å². The predicted molar refractivity (Wildman–Crippen MR) is 86.8 cm³/mol. The van der Waals surface area contributed by atoms with Crippen molar-refractivity contribution in [3.05, 3.63) is 60.5 Å². The van der Waals surface area contributed by atoms with Gasteiger partial charge in [0.05, 0.1) is 12.1 Å². The number of hydrogen-bond acceptors (Lipinski definition) is 5. The van der Waals surface area contributed by atoms with Crippen molar-refractivity contribution in [2.45, 2.75) is 6.42 Å². The molecule has 1 amide bonds. The minimum atomic E-state index is -0.179. The lowest BCUT2D eigenvalue weighted by Crippen LogP contribution is -2.14. The highest BCUT2D eigenvalue weighted by Crippen LogP contribution is 2.34. The Labute approximate surface area is 138 Å². The van der Waals surface area contributed by atoms with Crippen LogP contribution in [-0.2, 0) is 11.2 Å². The number of rotatable bonds is 4. The second kappa shape index (κ2) is 6.08. The molecule has 0 radical (unpaired) electrons. The molecule has 4 rings (SSSR count). The van der Waals surface area contributed by atoms with E-state index in [2.05, 4.69) is 10.3 Å². The molecule has 0 aliphatic carbocycles. The van der Waals surface area contributed by atoms with Gasteiger partial charge in [-0.15, -0.1) is 0 Å². The van der Waals surface area contributed by atoms with Gasteiger partial charge in [-0.2, -0.15) is 0 Å². The quantitative estimate of drug-likeness (QED) is 0.798. The summed E-state index contributed by atoms with van der Waals surface area (Å²) in [5.41, 5.74) is 2.10. The van der Waals surface area contributed by atoms with Gasteiger partial charge in [0, 0.05) is 17.3 Å². The Balaban J connectivity index is 1.42. The Morgan fingerprint density at radius 2 is 1.92 bits per heavy atom. The highest BCUT2D eigenvalue weighted by atomic mass is 16.7. The number of hydrogen-bond donors (Lipinski definition) is 1. The number of fused-ring (bicyclic) bond motifs is 1. The molecule has 2 aromatic carbocycles. The molecule has 0 saturated heterocycles. The van der Waals surface area contributed by atoms with Crippen LogP contribution in [0.15, 0.2) is 59.2 Å². The van der Waals surface area contributed by atoms with E-state index >= 15 is 0 Å². The fourth-order valence-electron chi connectivity index (χ4n) is 2.45. The number of benzene rings is 2. The predicted octanol–water partition coefficient (Wildman–Crippen LogP) is 3.25. The Hall–Kier alpha value is -3.28. The summed E-state index contributed by atoms with van der Waals surface area (Å²) in [4.78, 5) is 16.5. The summed E-state index contributed by atoms with van der Waals surface area (Å²) in [6.07, 6.45) is 1.63. The number of aromatic nitrogens is 1. The van der Waals surface area contributed by atoms with E-state index in [0.717, 1.165) is 5.56 Å². The topological polar surface area (TPSA) is 73.6 Å². The van der Waals surface area contributed by atoms with E-state index in [1.54, 1.807) is 18.2 Å². The van der Waals surface area contributed by atoms with Gasteiger partial charge >= 0.3 is 0 Å². The molecule has 0 unspecified atom stereocenters. The standard InChI is InChI=1S/C18H14N2O4/c21-17(19-13-6-7-15-16(8-13)24-11-23-15)9-14-10-22-18(20-14)12-4-2-1-3-5-12/h1-8,10H,9,11H2,(H,19,21). The van der Waals surface area contributed by atoms with Crippen LogP contribution in [-0.4, -0.2) is 17.7 Å². The van der Waals surface area contributed by atoms with E-state index in [4.69, 9.17) is 13.9 Å². The molecule has 0 bridgehead atoms. The van der Waals surface area contributed by atoms with Crippen molar-refractivity contribution >= 4 is 11.6 Å². The first kappa shape index (κ1) is 14.3. The lowest BCUT2D eigenvalue weighted by Gasteiger charge is -2.04. The van der Waals surface area contributed by atoms with E-state index in [0.29, 0.717) is 28.8 Å². The van der Waals surface area contributed by atoms with Crippen LogP contribution in [0.4, 0.5) is 5.69 Å². The third kappa shape index (κ3) is 2.94. The fourth-order valence-corrected chi connectivity index (χ4v) is 2.45. The average Bonchev–Trinajstić information content (AvgIpc) is 3.24. The summed E-state index contributed by atoms with van der Waals surface area (Å²) in [5, 5.41) is 2.81. The highest BCUT2D eigenvalue weighted by Gasteiger charge is 2.15. The molecule has 0 fully saturated rings. The highest BCUT2D eigenvalue weighted by molar-refractivity contribution is 5.92. The maximum Gasteiger partial charge on any atom is 0.231 e. The Morgan fingerprint density at radius 1 is 1.08 bits per heavy atom. The molecule has 1 aliphatic heterocycles. The van der Waals surface area contributed by atoms with Crippen molar-refractivity contribution in [3.8, 4) is 23.0 Å². The fraction of sp³-hybridized carbons (Fsp3) is 0.111. The summed E-state index contributed by atoms with van der Waals surface area (Å²) in [7, 11) is 0. The number of anilines is 1. The molecule has 1 aliphatic rings. The molecule has 2 heterocycles. The molecular weight excluding hydrogens is 308 g/mol. The molecule has 1 N–H and O–H groups in total. The average molecular weight is 322 g/mol. The number of amides is 1. The number of nitrogens with one attached hydrogen (secondary N) is 1. The molecule has 0 spiro atoms. The monoisotopic (exact) mass is 322 g/mol. The summed E-state index contributed by atoms with van der Waals surface area (Å²) in [6.45, 7) is 0.202. The Bertz CT molecular complexity index is 874. The second-order valence-corrected chi connectivity index (χ2v) is 5.30. The molecule has 0 atom stereocenters. The molecular formula is C18H14N2O4. The zero-order chi connectivity index (χ0) is 16.4. The lowest BCUT2D eigenvalue weighted by molar-refractivity contribution is -0.115. The molecule has 3 aromatic rings. The van der Waals surface area contributed by atoms with Crippen LogP contribution in [0, 0.1) is 0 Å². The van der Waals surface area contributed by atoms with Crippen molar-refractivity contribution in [1.82, 2.24) is 4.98 Å². The van der Waals surface area contributed by atoms with Gasteiger partial charge in [0.2, 0.25) is 18.6 Å². The van der Waals surface area contributed by atoms with Gasteiger partial charge in [-0.1, -0.05) is 18.2 Å². The van der Waals surface area contributed by atoms with Crippen molar-refractivity contribution in [2.24, 2.45) is 0 Å². The van der Waals surface area contributed by atoms with Gasteiger partial charge in [-0.3, -0.25) is 4.79 Å². The summed E-state index contributed by atoms with van der Waals surface area (Å²) in [5.74, 6) is 1.63. The van der Waals surface area contributed by atoms with Crippen LogP contribution < -0.4 is 14.8 Å². The molecule has 6 nitrogen and oxygen atoms in total. The summed E-state index contributed by atoms with van der Waals surface area (Å²) >= 11 is 0. The van der Waals surface area contributed by atoms with E-state index in [-0.39, 0.29) is 19.1 Å². The van der Waals surface area contributed by atoms with Gasteiger partial charge in [0.1, 0.15) is 6.26 Å². The summed E-state index contributed by atoms with van der Waals surface area (Å²) < 4.78 is 16.0. The molecule has 6 heteroatoms. The van der Waals surface area contributed by atoms with E-state index in [1.807, 2.05) is 30.3 Å². The Morgan fingerprint density at radius 3 is 2.79 bits per heavy atom. The largest absolute Gasteiger partial charge is 0.454 e. The molecule has 120 valence electrons. The third-order valence-electron chi connectivity index (χ3n) is 3.57. The number of carbonyl (C=O) groups is 1. The maximum absolute atomic E-state index is 12.2. The van der Waals surface area contributed by atoms with E-state index < -0.39 is 0 Å². The van der Waals surface area contributed by atoms with Crippen LogP contribution in [0.5, 0.6) is 11.5 Å². The minimum absolute atomic E-state index is 0.130. The Kier molecular flexibility index (Phi) is 3.63. The number of ether oxygens (including phenoxy) is 2. The van der Waals surface area contributed by atoms with Crippen LogP contribution >= 0.6 is 0 Å². The maximum atomic E-state index is 12.2. The van der Waals surface area contributed by atoms with Gasteiger partial charge in [0.15, 0.2) is 11.5 Å². The number of carbonyl (C=O) groups excluding carboxylic acids is 1. The van der Waals surface area contributed by atoms with Crippen LogP contribution in [0.25, 0.3) is 11.5 Å². The third-order valence-corrected chi connectivity index (χ3v) is 3.57. The second-order valence-electron chi connectivity index (χ2n) is 5.30. The first-order valence-electron chi connectivity index (χ1n) is 7.47. The van der Waals surface area contributed by atoms with Crippen LogP contribution in [0.1, 0.15) is 5.69 Å². The first-order valence-corrected chi connectivity index (χ1v) is 7.47. The van der Waals surface area contributed by atoms with Gasteiger partial charge < -0.3 is 19.2 Å². The minimum Gasteiger partial charge on any atom is -0.454 e. The van der Waals surface area contributed by atoms with Gasteiger partial charge in [0.25, 0.3) is 0 Å². The zero-order valence-electron chi connectivity index (χ0n) is 12.7. The van der Waals surface area contributed by atoms with Crippen molar-refractivity contribution in [1.29, 1.82) is 0 Å². The lowest BCUT2D eigenvalue weighted by atomic mass is 10.2. The SMILES string of the molecule is O=C(Cc1coc(-c2ccccc2)n1)Nc1ccc2c(c1)OCO2. The van der Waals surface area contributed by atoms with E-state index in [9.17, 15) is 4.79 Å². The van der Waals surface area contributed by atoms with Crippen molar-refractivity contribution in [3.63, 3.8) is 0 Å². The van der Waals surface area contributed by atoms with Crippen LogP contribution in [0.3, 0.4) is 0 Å². The first-order chi connectivity index (χ1) is 11.8. The molecule has 1 aromatic heterocycles. The number of nitrogens with zero attached hydrogens (tertiary/aromatic N) is 1. The van der Waals surface area contributed by atoms with Gasteiger partial charge in [-0.05, 0) is 24.3 Å². The zero-order valence-corrected chi connectivity index (χ0v) is 12.7. The van der Waals surface area contributed by atoms with Crippen molar-refractivity contribution in [2.75, 3.05) is 12.1 Å². The van der Waals surface area contributed by atoms with Gasteiger partial charge in [-0.25, -0.2) is 4.98 Å².